The zero-order valence-electron chi connectivity index (χ0n) is 14.0. The second-order valence-electron chi connectivity index (χ2n) is 5.58. The van der Waals surface area contributed by atoms with Gasteiger partial charge in [-0.15, -0.1) is 0 Å². The number of anilines is 1. The van der Waals surface area contributed by atoms with Crippen LogP contribution in [-0.4, -0.2) is 58.9 Å². The molecule has 0 bridgehead atoms. The molecule has 0 spiro atoms. The molecule has 0 saturated carbocycles. The quantitative estimate of drug-likeness (QED) is 0.658. The molecule has 1 aliphatic rings. The molecule has 2 aromatic rings. The van der Waals surface area contributed by atoms with E-state index in [0.717, 1.165) is 11.3 Å². The third kappa shape index (κ3) is 3.42. The van der Waals surface area contributed by atoms with Crippen LogP contribution in [-0.2, 0) is 14.3 Å². The van der Waals surface area contributed by atoms with Crippen LogP contribution < -0.4 is 5.32 Å². The molecule has 1 aromatic heterocycles. The van der Waals surface area contributed by atoms with Gasteiger partial charge in [-0.2, -0.15) is 5.10 Å². The molecule has 1 aliphatic heterocycles. The fourth-order valence-electron chi connectivity index (χ4n) is 2.74. The number of rotatable bonds is 6. The number of hydrogen-bond donors (Lipinski definition) is 3. The molecule has 0 radical (unpaired) electrons. The fourth-order valence-corrected chi connectivity index (χ4v) is 2.92. The number of benzene rings is 1. The zero-order chi connectivity index (χ0) is 18.7. The smallest absolute Gasteiger partial charge is 0.337 e. The minimum atomic E-state index is -0.605. The molecular formula is C17H17ClN4O4. The number of carbonyl (C=O) groups excluding carboxylic acids is 2. The van der Waals surface area contributed by atoms with Gasteiger partial charge in [0.1, 0.15) is 5.70 Å². The van der Waals surface area contributed by atoms with Gasteiger partial charge >= 0.3 is 5.97 Å². The van der Waals surface area contributed by atoms with Gasteiger partial charge in [-0.1, -0.05) is 11.6 Å². The number of aliphatic hydroxyl groups excluding tert-OH is 1. The Balaban J connectivity index is 2.02. The first kappa shape index (κ1) is 18.0. The normalized spacial score (nSPS) is 14.1. The molecule has 136 valence electrons. The lowest BCUT2D eigenvalue weighted by Gasteiger charge is -2.16. The molecule has 2 heterocycles. The summed E-state index contributed by atoms with van der Waals surface area (Å²) in [6.07, 6.45) is 1.61. The van der Waals surface area contributed by atoms with Crippen molar-refractivity contribution in [1.82, 2.24) is 15.1 Å². The van der Waals surface area contributed by atoms with Crippen molar-refractivity contribution in [1.29, 1.82) is 0 Å². The maximum absolute atomic E-state index is 12.6. The van der Waals surface area contributed by atoms with E-state index in [2.05, 4.69) is 15.5 Å². The van der Waals surface area contributed by atoms with Gasteiger partial charge in [-0.3, -0.25) is 9.89 Å². The average molecular weight is 377 g/mol. The van der Waals surface area contributed by atoms with Gasteiger partial charge in [-0.25, -0.2) is 4.79 Å². The summed E-state index contributed by atoms with van der Waals surface area (Å²) >= 11 is 6.10. The fraction of sp³-hybridized carbons (Fsp3) is 0.235. The Morgan fingerprint density at radius 2 is 2.27 bits per heavy atom. The number of aromatic amines is 1. The summed E-state index contributed by atoms with van der Waals surface area (Å²) in [6, 6.07) is 6.93. The summed E-state index contributed by atoms with van der Waals surface area (Å²) in [5.74, 6) is -0.999. The second kappa shape index (κ2) is 7.59. The van der Waals surface area contributed by atoms with Gasteiger partial charge in [0.05, 0.1) is 31.5 Å². The van der Waals surface area contributed by atoms with Crippen LogP contribution in [0.3, 0.4) is 0 Å². The van der Waals surface area contributed by atoms with Gasteiger partial charge in [0.15, 0.2) is 0 Å². The third-order valence-electron chi connectivity index (χ3n) is 3.99. The van der Waals surface area contributed by atoms with Crippen LogP contribution in [0.15, 0.2) is 41.7 Å². The Morgan fingerprint density at radius 1 is 1.46 bits per heavy atom. The first-order valence-electron chi connectivity index (χ1n) is 7.83. The maximum Gasteiger partial charge on any atom is 0.337 e. The molecule has 0 saturated heterocycles. The van der Waals surface area contributed by atoms with Crippen LogP contribution >= 0.6 is 11.6 Å². The van der Waals surface area contributed by atoms with Crippen molar-refractivity contribution in [3.05, 3.63) is 46.8 Å². The van der Waals surface area contributed by atoms with Crippen LogP contribution in [0.5, 0.6) is 0 Å². The molecule has 0 fully saturated rings. The summed E-state index contributed by atoms with van der Waals surface area (Å²) in [5, 5.41) is 19.4. The van der Waals surface area contributed by atoms with E-state index >= 15 is 0 Å². The van der Waals surface area contributed by atoms with Gasteiger partial charge < -0.3 is 20.1 Å². The molecule has 0 aliphatic carbocycles. The summed E-state index contributed by atoms with van der Waals surface area (Å²) in [7, 11) is 1.25. The standard InChI is InChI=1S/C17H17ClN4O4/c1-26-17(25)12-9-22(6-7-23)16(24)15(12)20-14-8-10(18)2-3-11(14)13-4-5-19-21-13/h2-5,8,20,23H,6-7,9H2,1H3,(H,19,21). The van der Waals surface area contributed by atoms with Crippen molar-refractivity contribution in [3.63, 3.8) is 0 Å². The van der Waals surface area contributed by atoms with E-state index in [4.69, 9.17) is 21.4 Å². The second-order valence-corrected chi connectivity index (χ2v) is 6.02. The lowest BCUT2D eigenvalue weighted by atomic mass is 10.1. The molecule has 1 aromatic carbocycles. The summed E-state index contributed by atoms with van der Waals surface area (Å²) < 4.78 is 4.78. The predicted molar refractivity (Wildman–Crippen MR) is 95.4 cm³/mol. The highest BCUT2D eigenvalue weighted by Crippen LogP contribution is 2.32. The van der Waals surface area contributed by atoms with Crippen LogP contribution in [0.1, 0.15) is 0 Å². The zero-order valence-corrected chi connectivity index (χ0v) is 14.7. The number of nitrogens with one attached hydrogen (secondary N) is 2. The van der Waals surface area contributed by atoms with Crippen LogP contribution in [0.25, 0.3) is 11.3 Å². The molecule has 9 heteroatoms. The topological polar surface area (TPSA) is 108 Å². The number of amides is 1. The van der Waals surface area contributed by atoms with Crippen LogP contribution in [0, 0.1) is 0 Å². The Morgan fingerprint density at radius 3 is 2.92 bits per heavy atom. The van der Waals surface area contributed by atoms with Crippen molar-refractivity contribution in [3.8, 4) is 11.3 Å². The number of aliphatic hydroxyl groups is 1. The molecule has 0 atom stereocenters. The maximum atomic E-state index is 12.6. The number of aromatic nitrogens is 2. The predicted octanol–water partition coefficient (Wildman–Crippen LogP) is 1.40. The van der Waals surface area contributed by atoms with Crippen LogP contribution in [0.2, 0.25) is 5.02 Å². The van der Waals surface area contributed by atoms with Crippen molar-refractivity contribution < 1.29 is 19.4 Å². The summed E-state index contributed by atoms with van der Waals surface area (Å²) in [4.78, 5) is 26.1. The van der Waals surface area contributed by atoms with E-state index in [9.17, 15) is 9.59 Å². The van der Waals surface area contributed by atoms with Crippen molar-refractivity contribution >= 4 is 29.2 Å². The van der Waals surface area contributed by atoms with Crippen molar-refractivity contribution in [2.24, 2.45) is 0 Å². The molecule has 3 rings (SSSR count). The molecule has 8 nitrogen and oxygen atoms in total. The first-order chi connectivity index (χ1) is 12.5. The number of β-amino-alcohol motifs (C(OH)–C–C–N with tert-alkyl or cyclic N) is 1. The number of esters is 1. The van der Waals surface area contributed by atoms with E-state index in [1.807, 2.05) is 0 Å². The van der Waals surface area contributed by atoms with Gasteiger partial charge in [0.2, 0.25) is 0 Å². The minimum Gasteiger partial charge on any atom is -0.466 e. The highest BCUT2D eigenvalue weighted by atomic mass is 35.5. The average Bonchev–Trinajstić information content (AvgIpc) is 3.26. The van der Waals surface area contributed by atoms with E-state index in [-0.39, 0.29) is 31.0 Å². The molecule has 0 unspecified atom stereocenters. The number of methoxy groups -OCH3 is 1. The monoisotopic (exact) mass is 376 g/mol. The Hall–Kier alpha value is -2.84. The lowest BCUT2D eigenvalue weighted by molar-refractivity contribution is -0.136. The SMILES string of the molecule is COC(=O)C1=C(Nc2cc(Cl)ccc2-c2ccn[nH]2)C(=O)N(CCO)C1. The van der Waals surface area contributed by atoms with E-state index in [0.29, 0.717) is 10.7 Å². The van der Waals surface area contributed by atoms with Crippen molar-refractivity contribution in [2.45, 2.75) is 0 Å². The molecule has 3 N–H and O–H groups in total. The molecular weight excluding hydrogens is 360 g/mol. The van der Waals surface area contributed by atoms with E-state index in [1.165, 1.54) is 12.0 Å². The summed E-state index contributed by atoms with van der Waals surface area (Å²) in [6.45, 7) is -0.0220. The third-order valence-corrected chi connectivity index (χ3v) is 4.22. The minimum absolute atomic E-state index is 0.0638. The van der Waals surface area contributed by atoms with Crippen LogP contribution in [0.4, 0.5) is 5.69 Å². The Labute approximate surface area is 154 Å². The van der Waals surface area contributed by atoms with Crippen molar-refractivity contribution in [2.75, 3.05) is 32.1 Å². The number of nitrogens with zero attached hydrogens (tertiary/aromatic N) is 2. The van der Waals surface area contributed by atoms with Gasteiger partial charge in [0.25, 0.3) is 5.91 Å². The number of carbonyl (C=O) groups is 2. The first-order valence-corrected chi connectivity index (χ1v) is 8.21. The Kier molecular flexibility index (Phi) is 5.24. The lowest BCUT2D eigenvalue weighted by Crippen LogP contribution is -2.31. The summed E-state index contributed by atoms with van der Waals surface area (Å²) in [5.41, 5.74) is 2.30. The van der Waals surface area contributed by atoms with Gasteiger partial charge in [0, 0.05) is 29.0 Å². The highest BCUT2D eigenvalue weighted by Gasteiger charge is 2.34. The number of halogens is 1. The Bertz CT molecular complexity index is 864. The van der Waals surface area contributed by atoms with E-state index in [1.54, 1.807) is 30.5 Å². The molecule has 1 amide bonds. The number of H-pyrrole nitrogens is 1. The highest BCUT2D eigenvalue weighted by molar-refractivity contribution is 6.31. The molecule has 26 heavy (non-hydrogen) atoms. The van der Waals surface area contributed by atoms with Gasteiger partial charge in [-0.05, 0) is 24.3 Å². The number of ether oxygens (including phenoxy) is 1. The largest absolute Gasteiger partial charge is 0.466 e. The van der Waals surface area contributed by atoms with E-state index < -0.39 is 11.9 Å². The number of hydrogen-bond acceptors (Lipinski definition) is 6.